The average Bonchev–Trinajstić information content (AvgIpc) is 3.16. The van der Waals surface area contributed by atoms with Gasteiger partial charge in [0.05, 0.1) is 24.7 Å². The van der Waals surface area contributed by atoms with Crippen LogP contribution in [-0.4, -0.2) is 82.1 Å². The van der Waals surface area contributed by atoms with Crippen LogP contribution in [0.3, 0.4) is 0 Å². The number of likely N-dealkylation sites (tertiary alicyclic amines) is 1. The first-order valence-corrected chi connectivity index (χ1v) is 11.4. The summed E-state index contributed by atoms with van der Waals surface area (Å²) in [5.41, 5.74) is 0.587. The summed E-state index contributed by atoms with van der Waals surface area (Å²) in [6, 6.07) is 6.82. The maximum absolute atomic E-state index is 12.6. The van der Waals surface area contributed by atoms with E-state index in [1.807, 2.05) is 0 Å². The Hall–Kier alpha value is -1.52. The summed E-state index contributed by atoms with van der Waals surface area (Å²) < 4.78 is 31.9. The summed E-state index contributed by atoms with van der Waals surface area (Å²) in [7, 11) is -3.52. The quantitative estimate of drug-likeness (QED) is 0.656. The Morgan fingerprint density at radius 2 is 1.89 bits per heavy atom. The highest BCUT2D eigenvalue weighted by Gasteiger charge is 2.26. The van der Waals surface area contributed by atoms with Crippen LogP contribution in [0.25, 0.3) is 0 Å². The predicted octanol–water partition coefficient (Wildman–Crippen LogP) is 0.720. The molecular formula is C19H30N4O4S. The standard InChI is InChI=1S/C19H30N4O4S/c1-2-22-9-3-4-17(22)14-20-15-19(24)21-16-5-7-18(8-6-16)28(25,26)23-10-12-27-13-11-23/h5-8,17,20H,2-4,9-15H2,1H3,(H,21,24)/t17-/m1/s1. The Kier molecular flexibility index (Phi) is 7.42. The van der Waals surface area contributed by atoms with E-state index in [0.717, 1.165) is 19.6 Å². The number of nitrogens with zero attached hydrogens (tertiary/aromatic N) is 2. The van der Waals surface area contributed by atoms with Gasteiger partial charge >= 0.3 is 0 Å². The summed E-state index contributed by atoms with van der Waals surface area (Å²) in [4.78, 5) is 14.8. The second-order valence-electron chi connectivity index (χ2n) is 7.14. The maximum Gasteiger partial charge on any atom is 0.243 e. The lowest BCUT2D eigenvalue weighted by molar-refractivity contribution is -0.115. The fraction of sp³-hybridized carbons (Fsp3) is 0.632. The van der Waals surface area contributed by atoms with E-state index in [4.69, 9.17) is 4.74 Å². The fourth-order valence-electron chi connectivity index (χ4n) is 3.75. The molecule has 1 amide bonds. The summed E-state index contributed by atoms with van der Waals surface area (Å²) in [5.74, 6) is -0.134. The van der Waals surface area contributed by atoms with Gasteiger partial charge in [-0.15, -0.1) is 0 Å². The Morgan fingerprint density at radius 3 is 2.57 bits per heavy atom. The Bertz CT molecular complexity index is 748. The molecule has 156 valence electrons. The van der Waals surface area contributed by atoms with Crippen LogP contribution >= 0.6 is 0 Å². The van der Waals surface area contributed by atoms with Crippen molar-refractivity contribution >= 4 is 21.6 Å². The van der Waals surface area contributed by atoms with E-state index in [-0.39, 0.29) is 17.3 Å². The molecule has 2 saturated heterocycles. The first kappa shape index (κ1) is 21.2. The van der Waals surface area contributed by atoms with Crippen LogP contribution in [0.5, 0.6) is 0 Å². The van der Waals surface area contributed by atoms with E-state index in [1.165, 1.54) is 29.3 Å². The zero-order valence-corrected chi connectivity index (χ0v) is 17.2. The largest absolute Gasteiger partial charge is 0.379 e. The smallest absolute Gasteiger partial charge is 0.243 e. The lowest BCUT2D eigenvalue weighted by Gasteiger charge is -2.26. The number of likely N-dealkylation sites (N-methyl/N-ethyl adjacent to an activating group) is 1. The fourth-order valence-corrected chi connectivity index (χ4v) is 5.15. The molecule has 3 rings (SSSR count). The molecule has 9 heteroatoms. The molecule has 2 aliphatic rings. The van der Waals surface area contributed by atoms with Gasteiger partial charge in [0, 0.05) is 31.4 Å². The molecule has 8 nitrogen and oxygen atoms in total. The minimum absolute atomic E-state index is 0.134. The summed E-state index contributed by atoms with van der Waals surface area (Å²) in [6.45, 7) is 6.93. The topological polar surface area (TPSA) is 91.0 Å². The molecule has 0 aromatic heterocycles. The molecule has 0 unspecified atom stereocenters. The third-order valence-electron chi connectivity index (χ3n) is 5.32. The van der Waals surface area contributed by atoms with Gasteiger partial charge in [-0.2, -0.15) is 4.31 Å². The van der Waals surface area contributed by atoms with Crippen molar-refractivity contribution in [3.8, 4) is 0 Å². The van der Waals surface area contributed by atoms with Gasteiger partial charge in [0.2, 0.25) is 15.9 Å². The van der Waals surface area contributed by atoms with Crippen LogP contribution < -0.4 is 10.6 Å². The van der Waals surface area contributed by atoms with E-state index in [0.29, 0.717) is 38.0 Å². The van der Waals surface area contributed by atoms with Gasteiger partial charge in [-0.05, 0) is 50.2 Å². The Morgan fingerprint density at radius 1 is 1.18 bits per heavy atom. The van der Waals surface area contributed by atoms with E-state index in [1.54, 1.807) is 12.1 Å². The predicted molar refractivity (Wildman–Crippen MR) is 108 cm³/mol. The van der Waals surface area contributed by atoms with Gasteiger partial charge < -0.3 is 15.4 Å². The van der Waals surface area contributed by atoms with Crippen molar-refractivity contribution in [1.82, 2.24) is 14.5 Å². The number of hydrogen-bond acceptors (Lipinski definition) is 6. The van der Waals surface area contributed by atoms with Crippen LogP contribution in [0.4, 0.5) is 5.69 Å². The number of nitrogens with one attached hydrogen (secondary N) is 2. The summed E-state index contributed by atoms with van der Waals surface area (Å²) in [6.07, 6.45) is 2.38. The average molecular weight is 411 g/mol. The number of sulfonamides is 1. The van der Waals surface area contributed by atoms with Crippen LogP contribution in [-0.2, 0) is 19.6 Å². The molecular weight excluding hydrogens is 380 g/mol. The lowest BCUT2D eigenvalue weighted by Crippen LogP contribution is -2.40. The number of rotatable bonds is 8. The minimum atomic E-state index is -3.52. The van der Waals surface area contributed by atoms with Crippen LogP contribution in [0.2, 0.25) is 0 Å². The van der Waals surface area contributed by atoms with Gasteiger partial charge in [-0.1, -0.05) is 6.92 Å². The second kappa shape index (κ2) is 9.80. The molecule has 0 aliphatic carbocycles. The minimum Gasteiger partial charge on any atom is -0.379 e. The molecule has 2 fully saturated rings. The third kappa shape index (κ3) is 5.30. The van der Waals surface area contributed by atoms with E-state index in [9.17, 15) is 13.2 Å². The number of hydrogen-bond donors (Lipinski definition) is 2. The van der Waals surface area contributed by atoms with Crippen molar-refractivity contribution in [1.29, 1.82) is 0 Å². The lowest BCUT2D eigenvalue weighted by atomic mass is 10.2. The van der Waals surface area contributed by atoms with Crippen LogP contribution in [0.15, 0.2) is 29.2 Å². The Balaban J connectivity index is 1.47. The van der Waals surface area contributed by atoms with Gasteiger partial charge in [0.15, 0.2) is 0 Å². The monoisotopic (exact) mass is 410 g/mol. The van der Waals surface area contributed by atoms with Crippen molar-refractivity contribution in [3.63, 3.8) is 0 Å². The van der Waals surface area contributed by atoms with Gasteiger partial charge in [-0.3, -0.25) is 9.69 Å². The van der Waals surface area contributed by atoms with E-state index < -0.39 is 10.0 Å². The molecule has 2 heterocycles. The SMILES string of the molecule is CCN1CCC[C@@H]1CNCC(=O)Nc1ccc(S(=O)(=O)N2CCOCC2)cc1. The summed E-state index contributed by atoms with van der Waals surface area (Å²) in [5, 5.41) is 6.03. The molecule has 0 radical (unpaired) electrons. The van der Waals surface area contributed by atoms with E-state index >= 15 is 0 Å². The van der Waals surface area contributed by atoms with Crippen molar-refractivity contribution in [3.05, 3.63) is 24.3 Å². The number of carbonyl (C=O) groups is 1. The normalized spacial score (nSPS) is 21.7. The number of morpholine rings is 1. The highest BCUT2D eigenvalue weighted by atomic mass is 32.2. The first-order valence-electron chi connectivity index (χ1n) is 9.93. The van der Waals surface area contributed by atoms with Crippen LogP contribution in [0.1, 0.15) is 19.8 Å². The highest BCUT2D eigenvalue weighted by molar-refractivity contribution is 7.89. The van der Waals surface area contributed by atoms with Crippen molar-refractivity contribution in [2.45, 2.75) is 30.7 Å². The van der Waals surface area contributed by atoms with Crippen molar-refractivity contribution in [2.24, 2.45) is 0 Å². The maximum atomic E-state index is 12.6. The van der Waals surface area contributed by atoms with E-state index in [2.05, 4.69) is 22.5 Å². The highest BCUT2D eigenvalue weighted by Crippen LogP contribution is 2.19. The molecule has 2 aliphatic heterocycles. The molecule has 2 N–H and O–H groups in total. The molecule has 0 bridgehead atoms. The molecule has 1 aromatic carbocycles. The molecule has 1 aromatic rings. The molecule has 0 spiro atoms. The van der Waals surface area contributed by atoms with Gasteiger partial charge in [0.25, 0.3) is 0 Å². The Labute approximate surface area is 167 Å². The number of carbonyl (C=O) groups excluding carboxylic acids is 1. The number of benzene rings is 1. The van der Waals surface area contributed by atoms with Gasteiger partial charge in [0.1, 0.15) is 0 Å². The number of amides is 1. The van der Waals surface area contributed by atoms with Crippen molar-refractivity contribution in [2.75, 3.05) is 57.8 Å². The van der Waals surface area contributed by atoms with Crippen molar-refractivity contribution < 1.29 is 17.9 Å². The summed E-state index contributed by atoms with van der Waals surface area (Å²) >= 11 is 0. The molecule has 28 heavy (non-hydrogen) atoms. The zero-order valence-electron chi connectivity index (χ0n) is 16.4. The molecule has 0 saturated carbocycles. The third-order valence-corrected chi connectivity index (χ3v) is 7.23. The zero-order chi connectivity index (χ0) is 20.0. The number of ether oxygens (including phenoxy) is 1. The second-order valence-corrected chi connectivity index (χ2v) is 9.08. The molecule has 1 atom stereocenters. The first-order chi connectivity index (χ1) is 13.5. The van der Waals surface area contributed by atoms with Gasteiger partial charge in [-0.25, -0.2) is 8.42 Å². The number of anilines is 1. The van der Waals surface area contributed by atoms with Crippen LogP contribution in [0, 0.1) is 0 Å².